The summed E-state index contributed by atoms with van der Waals surface area (Å²) in [4.78, 5) is 0. The molecule has 0 aliphatic carbocycles. The summed E-state index contributed by atoms with van der Waals surface area (Å²) in [7, 11) is 0. The van der Waals surface area contributed by atoms with E-state index in [1.54, 1.807) is 0 Å². The Kier molecular flexibility index (Phi) is 157. The first-order chi connectivity index (χ1) is 0. The Morgan fingerprint density at radius 2 is 1.25 bits per heavy atom. The molecule has 0 atom stereocenters. The molecule has 0 radical (unpaired) electrons. The summed E-state index contributed by atoms with van der Waals surface area (Å²) in [6.45, 7) is 0. The van der Waals surface area contributed by atoms with Crippen molar-refractivity contribution in [1.29, 1.82) is 0 Å². The number of hydrogen-bond donors (Lipinski definition) is 0. The van der Waals surface area contributed by atoms with Gasteiger partial charge in [-0.1, -0.05) is 0 Å². The molecule has 0 unspecified atom stereocenters. The Labute approximate surface area is 77.3 Å². The molecular formula is H2CdMgOZn. The van der Waals surface area contributed by atoms with Crippen LogP contribution >= 0.6 is 0 Å². The smallest absolute Gasteiger partial charge is 2.00 e. The van der Waals surface area contributed by atoms with Gasteiger partial charge in [0, 0.05) is 19.5 Å². The fraction of sp³-hybridized carbons (Fsp3) is 0. The molecule has 0 spiro atoms. The Morgan fingerprint density at radius 1 is 1.25 bits per heavy atom. The van der Waals surface area contributed by atoms with Crippen molar-refractivity contribution in [2.75, 3.05) is 0 Å². The van der Waals surface area contributed by atoms with E-state index in [1.165, 1.54) is 0 Å². The van der Waals surface area contributed by atoms with Gasteiger partial charge in [-0.3, -0.25) is 0 Å². The van der Waals surface area contributed by atoms with Gasteiger partial charge in [-0.05, 0) is 0 Å². The fourth-order valence-corrected chi connectivity index (χ4v) is 0. The summed E-state index contributed by atoms with van der Waals surface area (Å²) in [6, 6.07) is 0. The van der Waals surface area contributed by atoms with Crippen LogP contribution in [0.15, 0.2) is 0 Å². The second-order valence-corrected chi connectivity index (χ2v) is 0. The van der Waals surface area contributed by atoms with E-state index in [9.17, 15) is 0 Å². The van der Waals surface area contributed by atoms with Gasteiger partial charge in [0.25, 0.3) is 0 Å². The van der Waals surface area contributed by atoms with E-state index in [0.29, 0.717) is 0 Å². The Bertz CT molecular complexity index is 13.5. The first kappa shape index (κ1) is 33.8. The van der Waals surface area contributed by atoms with Gasteiger partial charge >= 0.3 is 50.4 Å². The molecule has 0 saturated carbocycles. The third-order valence-electron chi connectivity index (χ3n) is 0. The molecule has 0 amide bonds. The second-order valence-electron chi connectivity index (χ2n) is 0. The molecular weight excluding hydrogens is 218 g/mol. The van der Waals surface area contributed by atoms with Gasteiger partial charge in [-0.2, -0.15) is 0 Å². The van der Waals surface area contributed by atoms with Crippen molar-refractivity contribution >= 4 is 23.1 Å². The molecule has 0 aromatic rings. The summed E-state index contributed by atoms with van der Waals surface area (Å²) >= 11 is 0. The molecule has 4 heavy (non-hydrogen) atoms. The predicted molar refractivity (Wildman–Crippen MR) is 8.66 cm³/mol. The normalized spacial score (nSPS) is 0. The van der Waals surface area contributed by atoms with E-state index in [1.807, 2.05) is 0 Å². The molecule has 0 aliphatic heterocycles. The quantitative estimate of drug-likeness (QED) is 0.502. The minimum absolute atomic E-state index is 0. The Hall–Kier alpha value is 2.27. The topological polar surface area (TPSA) is 28.5 Å². The standard InChI is InChI=1S/Cd.Mg.O.Zn.2H/q2*+2;-2;;2*-1. The average molecular weight is 220 g/mol. The van der Waals surface area contributed by atoms with Crippen LogP contribution in [0.3, 0.4) is 0 Å². The van der Waals surface area contributed by atoms with Crippen LogP contribution in [-0.4, -0.2) is 23.1 Å². The van der Waals surface area contributed by atoms with E-state index in [4.69, 9.17) is 0 Å². The molecule has 4 heteroatoms. The van der Waals surface area contributed by atoms with Crippen molar-refractivity contribution in [3.05, 3.63) is 0 Å². The monoisotopic (exact) mass is 220 g/mol. The van der Waals surface area contributed by atoms with E-state index in [2.05, 4.69) is 0 Å². The van der Waals surface area contributed by atoms with Crippen LogP contribution in [0, 0.1) is 0 Å². The van der Waals surface area contributed by atoms with Crippen molar-refractivity contribution < 1.29 is 55.1 Å². The Balaban J connectivity index is 0. The zero-order valence-corrected chi connectivity index (χ0v) is 10.9. The van der Waals surface area contributed by atoms with Crippen LogP contribution in [0.1, 0.15) is 2.85 Å². The average Bonchev–Trinajstić information content (AvgIpc) is 0. The third-order valence-corrected chi connectivity index (χ3v) is 0. The van der Waals surface area contributed by atoms with Gasteiger partial charge in [-0.25, -0.2) is 0 Å². The minimum atomic E-state index is 0. The number of rotatable bonds is 0. The maximum Gasteiger partial charge on any atom is 2.00 e. The molecule has 14 valence electrons. The van der Waals surface area contributed by atoms with Gasteiger partial charge in [0.2, 0.25) is 0 Å². The van der Waals surface area contributed by atoms with Crippen molar-refractivity contribution in [1.82, 2.24) is 0 Å². The summed E-state index contributed by atoms with van der Waals surface area (Å²) < 4.78 is 0. The SMILES string of the molecule is [Cd+2].[H-].[H-].[Mg+2].[O-2].[Zn]. The third kappa shape index (κ3) is 8.86. The first-order valence-corrected chi connectivity index (χ1v) is 0. The van der Waals surface area contributed by atoms with E-state index in [-0.39, 0.29) is 78.2 Å². The molecule has 0 bridgehead atoms. The van der Waals surface area contributed by atoms with Gasteiger partial charge in [0.1, 0.15) is 0 Å². The van der Waals surface area contributed by atoms with Crippen molar-refractivity contribution in [3.8, 4) is 0 Å². The summed E-state index contributed by atoms with van der Waals surface area (Å²) in [5.74, 6) is 0. The summed E-state index contributed by atoms with van der Waals surface area (Å²) in [5.41, 5.74) is 0. The van der Waals surface area contributed by atoms with Gasteiger partial charge in [-0.15, -0.1) is 0 Å². The number of hydrogen-bond acceptors (Lipinski definition) is 0. The van der Waals surface area contributed by atoms with Crippen LogP contribution in [0.2, 0.25) is 0 Å². The van der Waals surface area contributed by atoms with Crippen LogP contribution < -0.4 is 0 Å². The molecule has 0 aliphatic rings. The summed E-state index contributed by atoms with van der Waals surface area (Å²) in [5, 5.41) is 0. The molecule has 1 nitrogen and oxygen atoms in total. The van der Waals surface area contributed by atoms with Gasteiger partial charge < -0.3 is 8.33 Å². The predicted octanol–water partition coefficient (Wildman–Crippen LogP) is -0.280. The maximum atomic E-state index is 0. The fourth-order valence-electron chi connectivity index (χ4n) is 0. The zero-order chi connectivity index (χ0) is 0. The molecule has 0 heterocycles. The van der Waals surface area contributed by atoms with E-state index >= 15 is 0 Å². The van der Waals surface area contributed by atoms with Crippen LogP contribution in [-0.2, 0) is 52.3 Å². The van der Waals surface area contributed by atoms with Crippen LogP contribution in [0.25, 0.3) is 0 Å². The van der Waals surface area contributed by atoms with Gasteiger partial charge in [0.15, 0.2) is 0 Å². The molecule has 0 aromatic heterocycles. The van der Waals surface area contributed by atoms with E-state index in [0.717, 1.165) is 0 Å². The van der Waals surface area contributed by atoms with E-state index < -0.39 is 0 Å². The van der Waals surface area contributed by atoms with Gasteiger partial charge in [0.05, 0.1) is 0 Å². The molecule has 0 rings (SSSR count). The molecule has 0 saturated heterocycles. The van der Waals surface area contributed by atoms with Crippen molar-refractivity contribution in [3.63, 3.8) is 0 Å². The largest absolute Gasteiger partial charge is 2.00 e. The minimum Gasteiger partial charge on any atom is -2.00 e. The molecule has 0 fully saturated rings. The Morgan fingerprint density at radius 3 is 1.25 bits per heavy atom. The summed E-state index contributed by atoms with van der Waals surface area (Å²) in [6.07, 6.45) is 0. The molecule has 0 N–H and O–H groups in total. The van der Waals surface area contributed by atoms with Crippen LogP contribution in [0.4, 0.5) is 0 Å². The first-order valence-electron chi connectivity index (χ1n) is 0. The van der Waals surface area contributed by atoms with Crippen LogP contribution in [0.5, 0.6) is 0 Å². The second kappa shape index (κ2) is 18.6. The molecule has 0 aromatic carbocycles. The van der Waals surface area contributed by atoms with Crippen molar-refractivity contribution in [2.24, 2.45) is 0 Å². The maximum absolute atomic E-state index is 0. The van der Waals surface area contributed by atoms with Crippen molar-refractivity contribution in [2.45, 2.75) is 0 Å². The zero-order valence-electron chi connectivity index (χ0n) is 4.53.